The Balaban J connectivity index is -0.0000000800. The molecule has 0 N–H and O–H groups in total. The number of halogens is 1. The maximum absolute atomic E-state index is 9.33. The summed E-state index contributed by atoms with van der Waals surface area (Å²) >= 11 is 2.95. The molecular weight excluding hydrogens is 233 g/mol. The van der Waals surface area contributed by atoms with Gasteiger partial charge in [0, 0.05) is 32.7 Å². The number of hydrogen-bond donors (Lipinski definition) is 0. The van der Waals surface area contributed by atoms with E-state index in [1.54, 1.807) is 13.2 Å². The number of carbonyl (C=O) groups excluding carboxylic acids is 1. The van der Waals surface area contributed by atoms with Crippen molar-refractivity contribution in [2.24, 2.45) is 0 Å². The summed E-state index contributed by atoms with van der Waals surface area (Å²) in [5.41, 5.74) is 0. The second kappa shape index (κ2) is 10.3. The van der Waals surface area contributed by atoms with Crippen LogP contribution < -0.4 is 0 Å². The number of alkyl halides is 1. The van der Waals surface area contributed by atoms with Crippen LogP contribution in [0.3, 0.4) is 0 Å². The van der Waals surface area contributed by atoms with Gasteiger partial charge in [0.05, 0.1) is 0 Å². The van der Waals surface area contributed by atoms with E-state index in [0.29, 0.717) is 0 Å². The summed E-state index contributed by atoms with van der Waals surface area (Å²) in [4.78, 5) is 9.22. The smallest absolute Gasteiger partial charge is 0 e. The van der Waals surface area contributed by atoms with Gasteiger partial charge < -0.3 is 12.2 Å². The zero-order valence-corrected chi connectivity index (χ0v) is 8.87. The quantitative estimate of drug-likeness (QED) is 0.499. The molecule has 3 heteroatoms. The predicted molar refractivity (Wildman–Crippen MR) is 30.5 cm³/mol. The third-order valence-electron chi connectivity index (χ3n) is 0.162. The first-order valence-corrected chi connectivity index (χ1v) is 2.20. The van der Waals surface area contributed by atoms with Crippen molar-refractivity contribution < 1.29 is 37.5 Å². The fourth-order valence-electron chi connectivity index (χ4n) is 0. The first-order valence-electron chi connectivity index (χ1n) is 1.29. The fraction of sp³-hybridized carbons (Fsp3) is 0.500. The van der Waals surface area contributed by atoms with E-state index in [2.05, 4.69) is 15.9 Å². The Morgan fingerprint density at radius 3 is 1.86 bits per heavy atom. The maximum atomic E-state index is 9.33. The maximum Gasteiger partial charge on any atom is 0 e. The minimum Gasteiger partial charge on any atom is -0.541 e. The van der Waals surface area contributed by atoms with E-state index >= 15 is 0 Å². The van der Waals surface area contributed by atoms with Crippen LogP contribution in [0.1, 0.15) is 6.92 Å². The van der Waals surface area contributed by atoms with Crippen LogP contribution >= 0.6 is 15.9 Å². The minimum atomic E-state index is -0.109. The molecule has 0 rings (SSSR count). The summed E-state index contributed by atoms with van der Waals surface area (Å²) in [6, 6.07) is 0. The van der Waals surface area contributed by atoms with Crippen LogP contribution in [-0.2, 0) is 37.5 Å². The average Bonchev–Trinajstić information content (AvgIpc) is 1.38. The van der Waals surface area contributed by atoms with Gasteiger partial charge in [0.1, 0.15) is 0 Å². The molecule has 0 aliphatic rings. The molecule has 0 amide bonds. The Labute approximate surface area is 78.3 Å². The van der Waals surface area contributed by atoms with Crippen LogP contribution in [0.25, 0.3) is 0 Å². The van der Waals surface area contributed by atoms with Gasteiger partial charge in [-0.2, -0.15) is 0 Å². The van der Waals surface area contributed by atoms with Crippen molar-refractivity contribution in [1.82, 2.24) is 0 Å². The van der Waals surface area contributed by atoms with Gasteiger partial charge >= 0.3 is 0 Å². The van der Waals surface area contributed by atoms with Crippen LogP contribution in [0.15, 0.2) is 0 Å². The van der Waals surface area contributed by atoms with Crippen LogP contribution in [0.4, 0.5) is 0 Å². The third kappa shape index (κ3) is 18.9. The van der Waals surface area contributed by atoms with Crippen molar-refractivity contribution in [3.63, 3.8) is 0 Å². The molecule has 0 heterocycles. The Bertz CT molecular complexity index is 38.7. The topological polar surface area (TPSA) is 17.1 Å². The van der Waals surface area contributed by atoms with Crippen LogP contribution in [-0.4, -0.2) is 11.1 Å². The minimum absolute atomic E-state index is 0. The first-order chi connectivity index (χ1) is 2.27. The van der Waals surface area contributed by atoms with E-state index in [0.717, 1.165) is 0 Å². The van der Waals surface area contributed by atoms with E-state index in [9.17, 15) is 4.79 Å². The monoisotopic (exact) mass is 239 g/mol. The van der Waals surface area contributed by atoms with E-state index in [-0.39, 0.29) is 45.0 Å². The molecule has 0 saturated carbocycles. The van der Waals surface area contributed by atoms with Crippen LogP contribution in [0, 0.1) is 7.43 Å². The molecule has 1 unspecified atom stereocenters. The molecule has 1 radical (unpaired) electrons. The molecule has 0 spiro atoms. The molecule has 0 aromatic rings. The second-order valence-corrected chi connectivity index (χ2v) is 2.11. The zero-order chi connectivity index (χ0) is 4.28. The van der Waals surface area contributed by atoms with Crippen molar-refractivity contribution in [3.8, 4) is 0 Å². The molecule has 0 aliphatic carbocycles. The largest absolute Gasteiger partial charge is 0.541 e. The van der Waals surface area contributed by atoms with Gasteiger partial charge in [-0.15, -0.1) is 15.9 Å². The third-order valence-corrected chi connectivity index (χ3v) is 0.349. The predicted octanol–water partition coefficient (Wildman–Crippen LogP) is 1.33. The van der Waals surface area contributed by atoms with Crippen molar-refractivity contribution >= 4 is 22.2 Å². The Kier molecular flexibility index (Phi) is 23.1. The summed E-state index contributed by atoms with van der Waals surface area (Å²) in [7, 11) is 0. The van der Waals surface area contributed by atoms with Crippen molar-refractivity contribution in [2.75, 3.05) is 0 Å². The van der Waals surface area contributed by atoms with Gasteiger partial charge in [-0.05, 0) is 0 Å². The molecule has 1 atom stereocenters. The molecule has 41 valence electrons. The van der Waals surface area contributed by atoms with Crippen LogP contribution in [0.2, 0.25) is 0 Å². The Morgan fingerprint density at radius 1 is 1.71 bits per heavy atom. The molecular formula is C4H7BrOY-2. The molecule has 0 bridgehead atoms. The summed E-state index contributed by atoms with van der Waals surface area (Å²) in [5, 5.41) is 0. The summed E-state index contributed by atoms with van der Waals surface area (Å²) in [6.45, 7) is 1.72. The summed E-state index contributed by atoms with van der Waals surface area (Å²) in [5.74, 6) is 0. The van der Waals surface area contributed by atoms with Gasteiger partial charge in [-0.1, -0.05) is 11.8 Å². The van der Waals surface area contributed by atoms with Crippen molar-refractivity contribution in [2.45, 2.75) is 11.8 Å². The van der Waals surface area contributed by atoms with Gasteiger partial charge in [0.25, 0.3) is 0 Å². The second-order valence-electron chi connectivity index (χ2n) is 0.734. The Morgan fingerprint density at radius 2 is 1.86 bits per heavy atom. The molecule has 0 aromatic carbocycles. The molecule has 7 heavy (non-hydrogen) atoms. The van der Waals surface area contributed by atoms with Gasteiger partial charge in [-0.3, -0.25) is 6.29 Å². The Hall–Kier alpha value is 1.25. The number of rotatable bonds is 1. The fourth-order valence-corrected chi connectivity index (χ4v) is 0. The van der Waals surface area contributed by atoms with Crippen LogP contribution in [0.5, 0.6) is 0 Å². The molecule has 1 nitrogen and oxygen atoms in total. The molecule has 0 saturated heterocycles. The SMILES string of the molecule is CC(Br)[C-]=O.[CH3-].[Y]. The van der Waals surface area contributed by atoms with Gasteiger partial charge in [-0.25, -0.2) is 0 Å². The van der Waals surface area contributed by atoms with E-state index in [1.807, 2.05) is 0 Å². The first kappa shape index (κ1) is 15.7. The van der Waals surface area contributed by atoms with Gasteiger partial charge in [0.2, 0.25) is 0 Å². The van der Waals surface area contributed by atoms with Gasteiger partial charge in [0.15, 0.2) is 0 Å². The number of hydrogen-bond acceptors (Lipinski definition) is 1. The normalized spacial score (nSPS) is 10.0. The summed E-state index contributed by atoms with van der Waals surface area (Å²) in [6.07, 6.45) is 1.69. The standard InChI is InChI=1S/C3H4BrO.CH3.Y/c1-3(4)2-5;;/h3H,1H3;1H3;/q2*-1;. The van der Waals surface area contributed by atoms with E-state index in [4.69, 9.17) is 0 Å². The average molecular weight is 240 g/mol. The van der Waals surface area contributed by atoms with E-state index < -0.39 is 0 Å². The van der Waals surface area contributed by atoms with Crippen molar-refractivity contribution in [3.05, 3.63) is 7.43 Å². The zero-order valence-electron chi connectivity index (χ0n) is 4.44. The molecule has 0 fully saturated rings. The van der Waals surface area contributed by atoms with E-state index in [1.165, 1.54) is 0 Å². The van der Waals surface area contributed by atoms with Crippen molar-refractivity contribution in [1.29, 1.82) is 0 Å². The molecule has 0 aliphatic heterocycles. The summed E-state index contributed by atoms with van der Waals surface area (Å²) < 4.78 is 0. The molecule has 0 aromatic heterocycles.